The Morgan fingerprint density at radius 1 is 1.00 bits per heavy atom. The summed E-state index contributed by atoms with van der Waals surface area (Å²) in [5, 5.41) is 2.63. The highest BCUT2D eigenvalue weighted by atomic mass is 32.2. The Kier molecular flexibility index (Phi) is 6.98. The number of ether oxygens (including phenoxy) is 1. The van der Waals surface area contributed by atoms with Gasteiger partial charge in [0.2, 0.25) is 0 Å². The van der Waals surface area contributed by atoms with Crippen LogP contribution in [0, 0.1) is 0 Å². The highest BCUT2D eigenvalue weighted by Crippen LogP contribution is 2.31. The third kappa shape index (κ3) is 6.45. The van der Waals surface area contributed by atoms with Crippen molar-refractivity contribution in [1.82, 2.24) is 10.3 Å². The van der Waals surface area contributed by atoms with E-state index in [1.54, 1.807) is 24.4 Å². The number of amides is 1. The van der Waals surface area contributed by atoms with Crippen molar-refractivity contribution in [2.75, 3.05) is 11.3 Å². The Hall–Kier alpha value is -3.60. The number of aromatic nitrogens is 1. The van der Waals surface area contributed by atoms with Gasteiger partial charge in [0, 0.05) is 11.9 Å². The van der Waals surface area contributed by atoms with E-state index in [1.165, 1.54) is 30.3 Å². The van der Waals surface area contributed by atoms with Crippen molar-refractivity contribution < 1.29 is 31.1 Å². The molecule has 0 spiro atoms. The lowest BCUT2D eigenvalue weighted by atomic mass is 10.2. The second-order valence-electron chi connectivity index (χ2n) is 6.54. The SMILES string of the molecule is O=C(COc1ccc(S(=O)(=O)Nc2cccc(C(F)(F)F)c2)cc1)NCc1ccccn1. The van der Waals surface area contributed by atoms with Gasteiger partial charge < -0.3 is 10.1 Å². The van der Waals surface area contributed by atoms with Gasteiger partial charge in [0.1, 0.15) is 5.75 Å². The number of pyridine rings is 1. The van der Waals surface area contributed by atoms with Crippen LogP contribution in [0.1, 0.15) is 11.3 Å². The van der Waals surface area contributed by atoms with Crippen molar-refractivity contribution in [3.05, 3.63) is 84.2 Å². The second kappa shape index (κ2) is 9.69. The van der Waals surface area contributed by atoms with Crippen molar-refractivity contribution in [3.63, 3.8) is 0 Å². The minimum Gasteiger partial charge on any atom is -0.484 e. The Balaban J connectivity index is 1.57. The Morgan fingerprint density at radius 3 is 2.41 bits per heavy atom. The van der Waals surface area contributed by atoms with Gasteiger partial charge in [0.05, 0.1) is 22.7 Å². The molecule has 2 aromatic carbocycles. The van der Waals surface area contributed by atoms with Crippen LogP contribution in [0.15, 0.2) is 77.8 Å². The number of benzene rings is 2. The number of alkyl halides is 3. The van der Waals surface area contributed by atoms with Gasteiger partial charge in [-0.25, -0.2) is 8.42 Å². The summed E-state index contributed by atoms with van der Waals surface area (Å²) in [4.78, 5) is 15.8. The number of rotatable bonds is 8. The number of nitrogens with one attached hydrogen (secondary N) is 2. The van der Waals surface area contributed by atoms with E-state index >= 15 is 0 Å². The number of carbonyl (C=O) groups is 1. The maximum Gasteiger partial charge on any atom is 0.416 e. The molecule has 11 heteroatoms. The number of sulfonamides is 1. The molecule has 2 N–H and O–H groups in total. The Bertz CT molecular complexity index is 1170. The van der Waals surface area contributed by atoms with Gasteiger partial charge >= 0.3 is 6.18 Å². The molecule has 0 aliphatic carbocycles. The fourth-order valence-corrected chi connectivity index (χ4v) is 3.63. The van der Waals surface area contributed by atoms with Crippen LogP contribution in [0.5, 0.6) is 5.75 Å². The van der Waals surface area contributed by atoms with Crippen molar-refractivity contribution in [2.24, 2.45) is 0 Å². The molecule has 3 rings (SSSR count). The van der Waals surface area contributed by atoms with E-state index in [4.69, 9.17) is 4.74 Å². The van der Waals surface area contributed by atoms with E-state index in [0.29, 0.717) is 11.8 Å². The summed E-state index contributed by atoms with van der Waals surface area (Å²) in [6, 6.07) is 14.3. The molecule has 0 unspecified atom stereocenters. The van der Waals surface area contributed by atoms with E-state index in [2.05, 4.69) is 15.0 Å². The van der Waals surface area contributed by atoms with Crippen molar-refractivity contribution in [3.8, 4) is 5.75 Å². The van der Waals surface area contributed by atoms with Crippen molar-refractivity contribution >= 4 is 21.6 Å². The fraction of sp³-hybridized carbons (Fsp3) is 0.143. The molecule has 1 heterocycles. The van der Waals surface area contributed by atoms with Crippen molar-refractivity contribution in [2.45, 2.75) is 17.6 Å². The molecule has 0 aliphatic rings. The number of hydrogen-bond donors (Lipinski definition) is 2. The first-order valence-corrected chi connectivity index (χ1v) is 10.7. The summed E-state index contributed by atoms with van der Waals surface area (Å²) in [6.07, 6.45) is -2.99. The molecule has 0 aliphatic heterocycles. The second-order valence-corrected chi connectivity index (χ2v) is 8.22. The zero-order valence-corrected chi connectivity index (χ0v) is 17.3. The smallest absolute Gasteiger partial charge is 0.416 e. The molecule has 1 amide bonds. The standard InChI is InChI=1S/C21H18F3N3O4S/c22-21(23,24)15-4-3-6-16(12-15)27-32(29,30)19-9-7-18(8-10-19)31-14-20(28)26-13-17-5-1-2-11-25-17/h1-12,27H,13-14H2,(H,26,28). The summed E-state index contributed by atoms with van der Waals surface area (Å²) in [5.41, 5.74) is -0.504. The summed E-state index contributed by atoms with van der Waals surface area (Å²) in [7, 11) is -4.12. The fourth-order valence-electron chi connectivity index (χ4n) is 2.58. The first-order valence-electron chi connectivity index (χ1n) is 9.23. The number of halogens is 3. The normalized spacial score (nSPS) is 11.6. The van der Waals surface area contributed by atoms with Crippen LogP contribution in [-0.2, 0) is 27.5 Å². The monoisotopic (exact) mass is 465 g/mol. The average molecular weight is 465 g/mol. The average Bonchev–Trinajstić information content (AvgIpc) is 2.76. The van der Waals surface area contributed by atoms with Crippen LogP contribution in [0.25, 0.3) is 0 Å². The van der Waals surface area contributed by atoms with Gasteiger partial charge in [-0.1, -0.05) is 12.1 Å². The lowest BCUT2D eigenvalue weighted by molar-refractivity contribution is -0.137. The van der Waals surface area contributed by atoms with Gasteiger partial charge in [0.25, 0.3) is 15.9 Å². The van der Waals surface area contributed by atoms with Crippen LogP contribution in [-0.4, -0.2) is 25.9 Å². The molecule has 1 aromatic heterocycles. The van der Waals surface area contributed by atoms with Gasteiger partial charge in [-0.05, 0) is 54.6 Å². The van der Waals surface area contributed by atoms with Crippen LogP contribution in [0.3, 0.4) is 0 Å². The maximum atomic E-state index is 12.8. The predicted octanol–water partition coefficient (Wildman–Crippen LogP) is 3.60. The number of carbonyl (C=O) groups excluding carboxylic acids is 1. The van der Waals surface area contributed by atoms with Gasteiger partial charge in [-0.2, -0.15) is 13.2 Å². The number of anilines is 1. The largest absolute Gasteiger partial charge is 0.484 e. The van der Waals surface area contributed by atoms with E-state index in [1.807, 2.05) is 0 Å². The molecule has 0 saturated heterocycles. The van der Waals surface area contributed by atoms with E-state index in [9.17, 15) is 26.4 Å². The molecule has 0 bridgehead atoms. The lowest BCUT2D eigenvalue weighted by Gasteiger charge is -2.12. The van der Waals surface area contributed by atoms with Crippen LogP contribution in [0.4, 0.5) is 18.9 Å². The molecule has 0 saturated carbocycles. The highest BCUT2D eigenvalue weighted by Gasteiger charge is 2.30. The topological polar surface area (TPSA) is 97.4 Å². The summed E-state index contributed by atoms with van der Waals surface area (Å²) in [5.74, 6) is -0.144. The third-order valence-electron chi connectivity index (χ3n) is 4.14. The summed E-state index contributed by atoms with van der Waals surface area (Å²) in [6.45, 7) is -0.0527. The molecule has 3 aromatic rings. The summed E-state index contributed by atoms with van der Waals surface area (Å²) >= 11 is 0. The maximum absolute atomic E-state index is 12.8. The zero-order chi connectivity index (χ0) is 23.2. The number of nitrogens with zero attached hydrogens (tertiary/aromatic N) is 1. The van der Waals surface area contributed by atoms with Crippen molar-refractivity contribution in [1.29, 1.82) is 0 Å². The Labute approximate surface area is 182 Å². The molecule has 0 atom stereocenters. The van der Waals surface area contributed by atoms with Crippen LogP contribution in [0.2, 0.25) is 0 Å². The Morgan fingerprint density at radius 2 is 1.75 bits per heavy atom. The lowest BCUT2D eigenvalue weighted by Crippen LogP contribution is -2.28. The quantitative estimate of drug-likeness (QED) is 0.530. The molecule has 168 valence electrons. The predicted molar refractivity (Wildman–Crippen MR) is 110 cm³/mol. The molecule has 32 heavy (non-hydrogen) atoms. The minimum atomic E-state index is -4.59. The minimum absolute atomic E-state index is 0.179. The van der Waals surface area contributed by atoms with Crippen LogP contribution >= 0.6 is 0 Å². The first kappa shape index (κ1) is 23.1. The van der Waals surface area contributed by atoms with Gasteiger partial charge in [-0.15, -0.1) is 0 Å². The first-order chi connectivity index (χ1) is 15.1. The molecular formula is C21H18F3N3O4S. The van der Waals surface area contributed by atoms with E-state index in [0.717, 1.165) is 12.1 Å². The molecule has 7 nitrogen and oxygen atoms in total. The molecular weight excluding hydrogens is 447 g/mol. The van der Waals surface area contributed by atoms with Crippen LogP contribution < -0.4 is 14.8 Å². The number of hydrogen-bond acceptors (Lipinski definition) is 5. The van der Waals surface area contributed by atoms with Gasteiger partial charge in [-0.3, -0.25) is 14.5 Å². The zero-order valence-electron chi connectivity index (χ0n) is 16.5. The summed E-state index contributed by atoms with van der Waals surface area (Å²) < 4.78 is 70.8. The van der Waals surface area contributed by atoms with E-state index in [-0.39, 0.29) is 29.5 Å². The van der Waals surface area contributed by atoms with E-state index < -0.39 is 27.7 Å². The molecule has 0 fully saturated rings. The van der Waals surface area contributed by atoms with Gasteiger partial charge in [0.15, 0.2) is 6.61 Å². The highest BCUT2D eigenvalue weighted by molar-refractivity contribution is 7.92. The molecule has 0 radical (unpaired) electrons. The third-order valence-corrected chi connectivity index (χ3v) is 5.54.